The molecule has 2 aromatic heterocycles. The van der Waals surface area contributed by atoms with Gasteiger partial charge in [-0.25, -0.2) is 9.97 Å². The molecule has 4 heterocycles. The Morgan fingerprint density at radius 2 is 1.65 bits per heavy atom. The summed E-state index contributed by atoms with van der Waals surface area (Å²) in [5, 5.41) is 19.8. The van der Waals surface area contributed by atoms with Crippen molar-refractivity contribution in [3.05, 3.63) is 88.5 Å². The summed E-state index contributed by atoms with van der Waals surface area (Å²) in [6.45, 7) is 3.93. The number of hydrogen-bond acceptors (Lipinski definition) is 9. The lowest BCUT2D eigenvalue weighted by molar-refractivity contribution is -0.142. The molecular weight excluding hydrogens is 716 g/mol. The van der Waals surface area contributed by atoms with E-state index < -0.39 is 18.6 Å². The van der Waals surface area contributed by atoms with E-state index in [1.807, 2.05) is 62.4 Å². The quantitative estimate of drug-likeness (QED) is 0.136. The minimum Gasteiger partial charge on any atom is -0.480 e. The van der Waals surface area contributed by atoms with E-state index in [1.165, 1.54) is 6.07 Å². The van der Waals surface area contributed by atoms with Gasteiger partial charge in [0, 0.05) is 47.8 Å². The van der Waals surface area contributed by atoms with Crippen LogP contribution < -0.4 is 4.74 Å². The summed E-state index contributed by atoms with van der Waals surface area (Å²) in [5.74, 6) is -0.312. The van der Waals surface area contributed by atoms with Crippen molar-refractivity contribution >= 4 is 39.8 Å². The molecule has 4 aromatic carbocycles. The van der Waals surface area contributed by atoms with Crippen LogP contribution in [0.1, 0.15) is 47.1 Å². The first-order valence-electron chi connectivity index (χ1n) is 17.8. The Balaban J connectivity index is 1.13. The highest BCUT2D eigenvalue weighted by molar-refractivity contribution is 6.20. The number of ether oxygens (including phenoxy) is 1. The predicted octanol–water partition coefficient (Wildman–Crippen LogP) is 8.92. The normalized spacial score (nSPS) is 17.9. The van der Waals surface area contributed by atoms with Gasteiger partial charge in [-0.15, -0.1) is 11.6 Å². The number of alkyl halides is 3. The Morgan fingerprint density at radius 3 is 2.30 bits per heavy atom. The van der Waals surface area contributed by atoms with Gasteiger partial charge in [-0.2, -0.15) is 14.0 Å². The van der Waals surface area contributed by atoms with Crippen LogP contribution in [0.3, 0.4) is 0 Å². The molecule has 0 bridgehead atoms. The van der Waals surface area contributed by atoms with E-state index in [-0.39, 0.29) is 23.3 Å². The first-order chi connectivity index (χ1) is 26.1. The zero-order chi connectivity index (χ0) is 37.7. The van der Waals surface area contributed by atoms with Gasteiger partial charge in [0.1, 0.15) is 28.9 Å². The molecule has 1 N–H and O–H groups in total. The van der Waals surface area contributed by atoms with Crippen LogP contribution in [0.5, 0.6) is 5.75 Å². The number of carboxylic acids is 1. The van der Waals surface area contributed by atoms with E-state index in [9.17, 15) is 23.9 Å². The fourth-order valence-corrected chi connectivity index (χ4v) is 8.14. The zero-order valence-electron chi connectivity index (χ0n) is 29.6. The molecule has 10 nitrogen and oxygen atoms in total. The van der Waals surface area contributed by atoms with Crippen LogP contribution in [0.25, 0.3) is 56.2 Å². The van der Waals surface area contributed by atoms with E-state index in [4.69, 9.17) is 35.1 Å². The molecule has 0 spiro atoms. The lowest BCUT2D eigenvalue weighted by Gasteiger charge is -2.22. The molecule has 13 heteroatoms. The lowest BCUT2D eigenvalue weighted by atomic mass is 9.91. The number of carbonyl (C=O) groups is 1. The molecular formula is C41H36ClF2N5O5. The van der Waals surface area contributed by atoms with Crippen molar-refractivity contribution in [2.45, 2.75) is 64.2 Å². The van der Waals surface area contributed by atoms with Crippen molar-refractivity contribution in [1.29, 1.82) is 5.26 Å². The molecule has 276 valence electrons. The maximum Gasteiger partial charge on any atom is 0.387 e. The smallest absolute Gasteiger partial charge is 0.387 e. The van der Waals surface area contributed by atoms with Crippen molar-refractivity contribution in [3.63, 3.8) is 0 Å². The van der Waals surface area contributed by atoms with Crippen molar-refractivity contribution in [2.24, 2.45) is 0 Å². The summed E-state index contributed by atoms with van der Waals surface area (Å²) in [6.07, 6.45) is 2.12. The standard InChI is InChI=1S/C41H36ClF2N5O5/c1-22-28(29-7-4-9-31(23(29)2)39-47-33-15-24(14-25(18-45)37(33)54-39)19-48-13-11-27(42)21-48)6-3-8-30(22)38-46-32-16-26(20-49-12-5-10-34(49)40(50)51)35(53-41(43)44)17-36(32)52-38/h3-4,6-9,14-17,27,34,41H,5,10-13,19-21H2,1-2H3,(H,50,51)/t27-,34-/m0/s1. The van der Waals surface area contributed by atoms with E-state index in [0.717, 1.165) is 52.9 Å². The Kier molecular flexibility index (Phi) is 9.56. The van der Waals surface area contributed by atoms with Crippen LogP contribution in [-0.2, 0) is 17.9 Å². The number of benzene rings is 4. The average molecular weight is 752 g/mol. The van der Waals surface area contributed by atoms with Crippen LogP contribution in [0.2, 0.25) is 0 Å². The number of hydrogen-bond donors (Lipinski definition) is 1. The van der Waals surface area contributed by atoms with Crippen LogP contribution in [0.4, 0.5) is 8.78 Å². The molecule has 0 amide bonds. The summed E-state index contributed by atoms with van der Waals surface area (Å²) < 4.78 is 44.3. The molecule has 2 saturated heterocycles. The van der Waals surface area contributed by atoms with Crippen LogP contribution in [-0.4, -0.2) is 68.5 Å². The molecule has 0 saturated carbocycles. The molecule has 0 radical (unpaired) electrons. The fraction of sp³-hybridized carbons (Fsp3) is 0.317. The third kappa shape index (κ3) is 6.79. The minimum atomic E-state index is -3.07. The van der Waals surface area contributed by atoms with Gasteiger partial charge in [-0.3, -0.25) is 14.6 Å². The third-order valence-corrected chi connectivity index (χ3v) is 10.9. The third-order valence-electron chi connectivity index (χ3n) is 10.5. The molecule has 54 heavy (non-hydrogen) atoms. The number of oxazole rings is 2. The maximum atomic E-state index is 13.5. The van der Waals surface area contributed by atoms with Crippen molar-refractivity contribution in [1.82, 2.24) is 19.8 Å². The number of likely N-dealkylation sites (tertiary alicyclic amines) is 2. The summed E-state index contributed by atoms with van der Waals surface area (Å²) >= 11 is 6.33. The molecule has 0 aliphatic carbocycles. The van der Waals surface area contributed by atoms with Crippen LogP contribution in [0, 0.1) is 25.2 Å². The van der Waals surface area contributed by atoms with Gasteiger partial charge < -0.3 is 18.7 Å². The van der Waals surface area contributed by atoms with Gasteiger partial charge in [-0.05, 0) is 104 Å². The highest BCUT2D eigenvalue weighted by Crippen LogP contribution is 2.39. The molecule has 8 rings (SSSR count). The number of nitriles is 1. The molecule has 0 unspecified atom stereocenters. The molecule has 2 aliphatic heterocycles. The zero-order valence-corrected chi connectivity index (χ0v) is 30.4. The van der Waals surface area contributed by atoms with Gasteiger partial charge in [-0.1, -0.05) is 24.3 Å². The lowest BCUT2D eigenvalue weighted by Crippen LogP contribution is -2.35. The van der Waals surface area contributed by atoms with Crippen LogP contribution >= 0.6 is 11.6 Å². The maximum absolute atomic E-state index is 13.5. The highest BCUT2D eigenvalue weighted by Gasteiger charge is 2.32. The van der Waals surface area contributed by atoms with Gasteiger partial charge in [0.15, 0.2) is 11.2 Å². The van der Waals surface area contributed by atoms with Gasteiger partial charge in [0.25, 0.3) is 0 Å². The van der Waals surface area contributed by atoms with Crippen molar-refractivity contribution < 1.29 is 32.3 Å². The second-order valence-corrected chi connectivity index (χ2v) is 14.6. The largest absolute Gasteiger partial charge is 0.480 e. The number of halogens is 3. The second kappa shape index (κ2) is 14.5. The minimum absolute atomic E-state index is 0.0810. The fourth-order valence-electron chi connectivity index (χ4n) is 7.84. The Hall–Kier alpha value is -5.35. The summed E-state index contributed by atoms with van der Waals surface area (Å²) in [7, 11) is 0. The predicted molar refractivity (Wildman–Crippen MR) is 199 cm³/mol. The number of aliphatic carboxylic acids is 1. The number of fused-ring (bicyclic) bond motifs is 2. The molecule has 2 fully saturated rings. The summed E-state index contributed by atoms with van der Waals surface area (Å²) in [4.78, 5) is 25.4. The van der Waals surface area contributed by atoms with E-state index >= 15 is 0 Å². The van der Waals surface area contributed by atoms with Gasteiger partial charge in [0.05, 0.1) is 5.56 Å². The summed E-state index contributed by atoms with van der Waals surface area (Å²) in [5.41, 5.74) is 8.74. The van der Waals surface area contributed by atoms with Crippen molar-refractivity contribution in [2.75, 3.05) is 19.6 Å². The number of nitrogens with zero attached hydrogens (tertiary/aromatic N) is 5. The van der Waals surface area contributed by atoms with Gasteiger partial charge >= 0.3 is 12.6 Å². The van der Waals surface area contributed by atoms with Crippen LogP contribution in [0.15, 0.2) is 69.5 Å². The monoisotopic (exact) mass is 751 g/mol. The Bertz CT molecular complexity index is 2460. The van der Waals surface area contributed by atoms with E-state index in [1.54, 1.807) is 11.0 Å². The first-order valence-corrected chi connectivity index (χ1v) is 18.3. The Labute approximate surface area is 314 Å². The van der Waals surface area contributed by atoms with Gasteiger partial charge in [0.2, 0.25) is 11.8 Å². The first kappa shape index (κ1) is 35.7. The highest BCUT2D eigenvalue weighted by atomic mass is 35.5. The second-order valence-electron chi connectivity index (χ2n) is 14.0. The van der Waals surface area contributed by atoms with E-state index in [2.05, 4.69) is 11.0 Å². The number of rotatable bonds is 10. The summed E-state index contributed by atoms with van der Waals surface area (Å²) in [6, 6.07) is 20.1. The molecule has 6 aromatic rings. The average Bonchev–Trinajstić information content (AvgIpc) is 3.95. The molecule has 2 atom stereocenters. The number of carboxylic acid groups (broad SMARTS) is 1. The SMILES string of the molecule is Cc1c(-c2nc3cc(CN4CCC[C@H]4C(=O)O)c(OC(F)F)cc3o2)cccc1-c1cccc(-c2nc3cc(CN4CC[C@H](Cl)C4)cc(C#N)c3o2)c1C. The number of aromatic nitrogens is 2. The topological polar surface area (TPSA) is 129 Å². The van der Waals surface area contributed by atoms with Crippen molar-refractivity contribution in [3.8, 4) is 45.9 Å². The van der Waals surface area contributed by atoms with E-state index in [0.29, 0.717) is 71.0 Å². The molecule has 2 aliphatic rings. The Morgan fingerprint density at radius 1 is 0.963 bits per heavy atom.